The van der Waals surface area contributed by atoms with Gasteiger partial charge in [0.05, 0.1) is 27.1 Å². The highest BCUT2D eigenvalue weighted by molar-refractivity contribution is 7.90. The van der Waals surface area contributed by atoms with Crippen LogP contribution in [0.3, 0.4) is 0 Å². The van der Waals surface area contributed by atoms with E-state index in [2.05, 4.69) is 46.1 Å². The molecule has 2 aliphatic heterocycles. The number of carbonyl (C=O) groups excluding carboxylic acids is 2. The normalized spacial score (nSPS) is 17.4. The minimum absolute atomic E-state index is 0.0202. The number of primary amides is 1. The van der Waals surface area contributed by atoms with E-state index in [4.69, 9.17) is 32.5 Å². The lowest BCUT2D eigenvalue weighted by Crippen LogP contribution is -2.47. The molecule has 3 aromatic carbocycles. The molecule has 2 saturated heterocycles. The van der Waals surface area contributed by atoms with Crippen molar-refractivity contribution in [3.63, 3.8) is 0 Å². The Bertz CT molecular complexity index is 2480. The standard InChI is InChI=1S/C44H51ClN8O8S/c1-44(2)14-11-30(37(24-44)29-3-5-31(45)6-4-29)27-51-15-17-52(18-16-51)32-7-9-35(40(21-32)61-33-22-36(42(47)54)41(46)49-26-33)43(55)50-62(58,59)34-8-10-38(39(23-34)53(56)57)48-25-28-12-19-60-20-13-28/h3-10,21-23,26,28,48H,11-20,24-25,27H2,1-2H3,(H2,46,49)(H2,47,54)(H,50,55). The molecule has 328 valence electrons. The average Bonchev–Trinajstić information content (AvgIpc) is 3.24. The summed E-state index contributed by atoms with van der Waals surface area (Å²) in [7, 11) is -4.63. The Morgan fingerprint density at radius 1 is 1.02 bits per heavy atom. The number of nitrogens with one attached hydrogen (secondary N) is 2. The molecular weight excluding hydrogens is 836 g/mol. The zero-order valence-corrected chi connectivity index (χ0v) is 36.3. The fourth-order valence-corrected chi connectivity index (χ4v) is 9.25. The molecule has 3 aliphatic rings. The smallest absolute Gasteiger partial charge is 0.293 e. The van der Waals surface area contributed by atoms with E-state index in [9.17, 15) is 28.1 Å². The quantitative estimate of drug-likeness (QED) is 0.0751. The molecular formula is C44H51ClN8O8S. The monoisotopic (exact) mass is 886 g/mol. The van der Waals surface area contributed by atoms with E-state index >= 15 is 0 Å². The summed E-state index contributed by atoms with van der Waals surface area (Å²) in [6, 6.07) is 17.6. The molecule has 0 spiro atoms. The summed E-state index contributed by atoms with van der Waals surface area (Å²) in [6.45, 7) is 9.96. The Balaban J connectivity index is 1.11. The Morgan fingerprint density at radius 3 is 2.44 bits per heavy atom. The molecule has 0 saturated carbocycles. The highest BCUT2D eigenvalue weighted by Gasteiger charge is 2.31. The molecule has 0 unspecified atom stereocenters. The number of sulfonamides is 1. The summed E-state index contributed by atoms with van der Waals surface area (Å²) in [5.41, 5.74) is 15.7. The van der Waals surface area contributed by atoms with Crippen LogP contribution in [0.5, 0.6) is 11.5 Å². The van der Waals surface area contributed by atoms with Crippen LogP contribution in [-0.4, -0.2) is 87.5 Å². The predicted octanol–water partition coefficient (Wildman–Crippen LogP) is 6.86. The van der Waals surface area contributed by atoms with Gasteiger partial charge in [-0.2, -0.15) is 0 Å². The van der Waals surface area contributed by atoms with Gasteiger partial charge in [0.25, 0.3) is 27.5 Å². The third kappa shape index (κ3) is 10.6. The van der Waals surface area contributed by atoms with E-state index in [1.54, 1.807) is 12.1 Å². The number of aromatic nitrogens is 1. The van der Waals surface area contributed by atoms with Crippen molar-refractivity contribution in [3.05, 3.63) is 110 Å². The van der Waals surface area contributed by atoms with Gasteiger partial charge < -0.3 is 31.2 Å². The number of carbonyl (C=O) groups is 2. The molecule has 1 aromatic heterocycles. The second kappa shape index (κ2) is 18.7. The maximum Gasteiger partial charge on any atom is 0.293 e. The summed E-state index contributed by atoms with van der Waals surface area (Å²) in [4.78, 5) is 45.5. The van der Waals surface area contributed by atoms with Gasteiger partial charge in [-0.1, -0.05) is 43.2 Å². The van der Waals surface area contributed by atoms with Gasteiger partial charge in [-0.25, -0.2) is 18.1 Å². The fraction of sp³-hybridized carbons (Fsp3) is 0.386. The number of nitrogens with zero attached hydrogens (tertiary/aromatic N) is 4. The summed E-state index contributed by atoms with van der Waals surface area (Å²) in [5, 5.41) is 15.8. The van der Waals surface area contributed by atoms with Crippen LogP contribution in [0.4, 0.5) is 22.9 Å². The van der Waals surface area contributed by atoms with E-state index in [1.165, 1.54) is 47.2 Å². The third-order valence-corrected chi connectivity index (χ3v) is 13.3. The third-order valence-electron chi connectivity index (χ3n) is 11.8. The Hall–Kier alpha value is -5.75. The summed E-state index contributed by atoms with van der Waals surface area (Å²) < 4.78 is 40.8. The largest absolute Gasteiger partial charge is 0.455 e. The highest BCUT2D eigenvalue weighted by atomic mass is 35.5. The number of nitrogen functional groups attached to an aromatic ring is 1. The van der Waals surface area contributed by atoms with Crippen molar-refractivity contribution in [2.45, 2.75) is 50.8 Å². The topological polar surface area (TPSA) is 225 Å². The van der Waals surface area contributed by atoms with Crippen molar-refractivity contribution in [2.24, 2.45) is 17.1 Å². The minimum atomic E-state index is -4.63. The molecule has 0 radical (unpaired) electrons. The van der Waals surface area contributed by atoms with Crippen LogP contribution in [0.15, 0.2) is 83.4 Å². The van der Waals surface area contributed by atoms with E-state index < -0.39 is 37.3 Å². The van der Waals surface area contributed by atoms with Gasteiger partial charge in [-0.15, -0.1) is 0 Å². The molecule has 4 aromatic rings. The second-order valence-electron chi connectivity index (χ2n) is 16.8. The van der Waals surface area contributed by atoms with E-state index in [-0.39, 0.29) is 45.5 Å². The second-order valence-corrected chi connectivity index (χ2v) is 18.9. The van der Waals surface area contributed by atoms with Crippen LogP contribution < -0.4 is 31.1 Å². The molecule has 16 nitrogen and oxygen atoms in total. The number of rotatable bonds is 14. The van der Waals surface area contributed by atoms with Crippen molar-refractivity contribution in [1.82, 2.24) is 14.6 Å². The van der Waals surface area contributed by atoms with Crippen LogP contribution in [0, 0.1) is 21.4 Å². The number of pyridine rings is 1. The number of hydrogen-bond donors (Lipinski definition) is 4. The average molecular weight is 887 g/mol. The molecule has 62 heavy (non-hydrogen) atoms. The first kappa shape index (κ1) is 44.3. The number of allylic oxidation sites excluding steroid dienone is 1. The first-order chi connectivity index (χ1) is 29.5. The van der Waals surface area contributed by atoms with Gasteiger partial charge in [-0.05, 0) is 97.0 Å². The lowest BCUT2D eigenvalue weighted by atomic mass is 9.72. The zero-order chi connectivity index (χ0) is 44.2. The number of amides is 2. The summed E-state index contributed by atoms with van der Waals surface area (Å²) in [5.74, 6) is -1.79. The van der Waals surface area contributed by atoms with E-state index in [0.29, 0.717) is 43.6 Å². The van der Waals surface area contributed by atoms with Crippen molar-refractivity contribution in [3.8, 4) is 11.5 Å². The van der Waals surface area contributed by atoms with Gasteiger partial charge in [0, 0.05) is 75.3 Å². The number of piperazine rings is 1. The van der Waals surface area contributed by atoms with Crippen LogP contribution >= 0.6 is 11.6 Å². The Kier molecular flexibility index (Phi) is 13.4. The Labute approximate surface area is 365 Å². The number of halogens is 1. The molecule has 0 atom stereocenters. The molecule has 2 amide bonds. The molecule has 3 heterocycles. The van der Waals surface area contributed by atoms with Gasteiger partial charge >= 0.3 is 0 Å². The predicted molar refractivity (Wildman–Crippen MR) is 238 cm³/mol. The zero-order valence-electron chi connectivity index (χ0n) is 34.7. The van der Waals surface area contributed by atoms with Crippen LogP contribution in [0.2, 0.25) is 5.02 Å². The number of ether oxygens (including phenoxy) is 2. The molecule has 18 heteroatoms. The molecule has 0 bridgehead atoms. The maximum absolute atomic E-state index is 13.9. The Morgan fingerprint density at radius 2 is 1.74 bits per heavy atom. The molecule has 2 fully saturated rings. The minimum Gasteiger partial charge on any atom is -0.455 e. The van der Waals surface area contributed by atoms with Crippen molar-refractivity contribution < 1.29 is 32.4 Å². The lowest BCUT2D eigenvalue weighted by Gasteiger charge is -2.39. The van der Waals surface area contributed by atoms with E-state index in [0.717, 1.165) is 57.8 Å². The van der Waals surface area contributed by atoms with Gasteiger partial charge in [0.2, 0.25) is 0 Å². The number of nitro benzene ring substituents is 1. The van der Waals surface area contributed by atoms with Gasteiger partial charge in [0.15, 0.2) is 0 Å². The highest BCUT2D eigenvalue weighted by Crippen LogP contribution is 2.43. The number of benzene rings is 3. The number of anilines is 3. The number of nitrogens with two attached hydrogens (primary N) is 2. The first-order valence-electron chi connectivity index (χ1n) is 20.5. The fourth-order valence-electron chi connectivity index (χ4n) is 8.13. The maximum atomic E-state index is 13.9. The molecule has 7 rings (SSSR count). The summed E-state index contributed by atoms with van der Waals surface area (Å²) in [6.07, 6.45) is 5.96. The van der Waals surface area contributed by atoms with Crippen LogP contribution in [-0.2, 0) is 14.8 Å². The van der Waals surface area contributed by atoms with Gasteiger partial charge in [0.1, 0.15) is 23.0 Å². The van der Waals surface area contributed by atoms with Crippen molar-refractivity contribution in [2.75, 3.05) is 68.4 Å². The first-order valence-corrected chi connectivity index (χ1v) is 22.4. The van der Waals surface area contributed by atoms with E-state index in [1.807, 2.05) is 16.9 Å². The summed E-state index contributed by atoms with van der Waals surface area (Å²) >= 11 is 6.22. The van der Waals surface area contributed by atoms with Gasteiger partial charge in [-0.3, -0.25) is 24.6 Å². The SMILES string of the molecule is CC1(C)CCC(CN2CCN(c3ccc(C(=O)NS(=O)(=O)c4ccc(NCC5CCOCC5)c([N+](=O)[O-])c4)c(Oc4cnc(N)c(C(N)=O)c4)c3)CC2)=C(c2ccc(Cl)cc2)C1. The van der Waals surface area contributed by atoms with Crippen LogP contribution in [0.1, 0.15) is 72.2 Å². The van der Waals surface area contributed by atoms with Crippen molar-refractivity contribution >= 4 is 61.9 Å². The van der Waals surface area contributed by atoms with Crippen LogP contribution in [0.25, 0.3) is 5.57 Å². The molecule has 1 aliphatic carbocycles. The number of hydrogen-bond acceptors (Lipinski definition) is 13. The number of nitro groups is 1. The lowest BCUT2D eigenvalue weighted by molar-refractivity contribution is -0.384. The van der Waals surface area contributed by atoms with Crippen molar-refractivity contribution in [1.29, 1.82) is 0 Å². The molecule has 6 N–H and O–H groups in total.